The number of hydrogen-bond acceptors (Lipinski definition) is 3. The SMILES string of the molecule is CCC(CC)(CNC(=O)CC(C)CN)C(=O)O. The van der Waals surface area contributed by atoms with Crippen LogP contribution in [0.5, 0.6) is 0 Å². The van der Waals surface area contributed by atoms with Crippen molar-refractivity contribution < 1.29 is 14.7 Å². The van der Waals surface area contributed by atoms with Gasteiger partial charge in [-0.25, -0.2) is 0 Å². The number of nitrogens with two attached hydrogens (primary N) is 1. The van der Waals surface area contributed by atoms with E-state index in [0.29, 0.717) is 25.8 Å². The fourth-order valence-electron chi connectivity index (χ4n) is 1.62. The summed E-state index contributed by atoms with van der Waals surface area (Å²) in [5, 5.41) is 11.9. The zero-order valence-electron chi connectivity index (χ0n) is 11.0. The van der Waals surface area contributed by atoms with Gasteiger partial charge < -0.3 is 16.2 Å². The molecule has 1 unspecified atom stereocenters. The third-order valence-corrected chi connectivity index (χ3v) is 3.37. The van der Waals surface area contributed by atoms with E-state index in [1.54, 1.807) is 0 Å². The van der Waals surface area contributed by atoms with E-state index < -0.39 is 11.4 Å². The second-order valence-electron chi connectivity index (χ2n) is 4.61. The van der Waals surface area contributed by atoms with E-state index in [-0.39, 0.29) is 18.4 Å². The van der Waals surface area contributed by atoms with Gasteiger partial charge in [-0.15, -0.1) is 0 Å². The van der Waals surface area contributed by atoms with Crippen molar-refractivity contribution in [3.63, 3.8) is 0 Å². The zero-order valence-corrected chi connectivity index (χ0v) is 11.0. The number of amides is 1. The third-order valence-electron chi connectivity index (χ3n) is 3.37. The smallest absolute Gasteiger partial charge is 0.311 e. The Hall–Kier alpha value is -1.10. The molecule has 5 nitrogen and oxygen atoms in total. The summed E-state index contributed by atoms with van der Waals surface area (Å²) in [7, 11) is 0. The number of carbonyl (C=O) groups is 2. The molecule has 0 aliphatic heterocycles. The van der Waals surface area contributed by atoms with Gasteiger partial charge >= 0.3 is 5.97 Å². The van der Waals surface area contributed by atoms with Crippen LogP contribution in [0.25, 0.3) is 0 Å². The van der Waals surface area contributed by atoms with Crippen LogP contribution in [0.2, 0.25) is 0 Å². The van der Waals surface area contributed by atoms with Crippen molar-refractivity contribution in [1.29, 1.82) is 0 Å². The second-order valence-corrected chi connectivity index (χ2v) is 4.61. The van der Waals surface area contributed by atoms with E-state index in [4.69, 9.17) is 5.73 Å². The maximum Gasteiger partial charge on any atom is 0.311 e. The van der Waals surface area contributed by atoms with Crippen molar-refractivity contribution in [2.45, 2.75) is 40.0 Å². The predicted octanol–water partition coefficient (Wildman–Crippen LogP) is 0.979. The molecule has 0 fully saturated rings. The molecule has 0 aliphatic rings. The Bertz CT molecular complexity index is 262. The number of carboxylic acid groups (broad SMARTS) is 1. The molecule has 0 saturated carbocycles. The molecule has 1 atom stereocenters. The van der Waals surface area contributed by atoms with E-state index >= 15 is 0 Å². The molecule has 5 heteroatoms. The van der Waals surface area contributed by atoms with Crippen molar-refractivity contribution in [1.82, 2.24) is 5.32 Å². The maximum atomic E-state index is 11.6. The first-order chi connectivity index (χ1) is 7.91. The molecule has 0 aromatic carbocycles. The molecule has 0 rings (SSSR count). The Balaban J connectivity index is 4.32. The lowest BCUT2D eigenvalue weighted by atomic mass is 9.82. The van der Waals surface area contributed by atoms with Gasteiger partial charge in [-0.3, -0.25) is 9.59 Å². The Labute approximate surface area is 103 Å². The first-order valence-corrected chi connectivity index (χ1v) is 6.12. The quantitative estimate of drug-likeness (QED) is 0.593. The van der Waals surface area contributed by atoms with E-state index in [2.05, 4.69) is 5.32 Å². The average Bonchev–Trinajstić information content (AvgIpc) is 2.30. The Morgan fingerprint density at radius 1 is 1.35 bits per heavy atom. The fraction of sp³-hybridized carbons (Fsp3) is 0.833. The zero-order chi connectivity index (χ0) is 13.5. The minimum Gasteiger partial charge on any atom is -0.481 e. The topological polar surface area (TPSA) is 92.4 Å². The number of rotatable bonds is 8. The van der Waals surface area contributed by atoms with Crippen LogP contribution in [0.1, 0.15) is 40.0 Å². The van der Waals surface area contributed by atoms with Crippen LogP contribution in [0.15, 0.2) is 0 Å². The monoisotopic (exact) mass is 244 g/mol. The van der Waals surface area contributed by atoms with E-state index in [0.717, 1.165) is 0 Å². The first kappa shape index (κ1) is 15.9. The Kier molecular flexibility index (Phi) is 6.80. The van der Waals surface area contributed by atoms with Crippen LogP contribution in [-0.2, 0) is 9.59 Å². The van der Waals surface area contributed by atoms with Gasteiger partial charge in [0.15, 0.2) is 0 Å². The van der Waals surface area contributed by atoms with Crippen LogP contribution in [-0.4, -0.2) is 30.1 Å². The van der Waals surface area contributed by atoms with Gasteiger partial charge in [-0.1, -0.05) is 20.8 Å². The molecule has 0 spiro atoms. The van der Waals surface area contributed by atoms with Crippen LogP contribution in [0, 0.1) is 11.3 Å². The fourth-order valence-corrected chi connectivity index (χ4v) is 1.62. The molecule has 1 amide bonds. The highest BCUT2D eigenvalue weighted by Crippen LogP contribution is 2.25. The van der Waals surface area contributed by atoms with Crippen molar-refractivity contribution in [2.75, 3.05) is 13.1 Å². The van der Waals surface area contributed by atoms with Gasteiger partial charge in [-0.2, -0.15) is 0 Å². The summed E-state index contributed by atoms with van der Waals surface area (Å²) >= 11 is 0. The summed E-state index contributed by atoms with van der Waals surface area (Å²) in [6.07, 6.45) is 1.36. The summed E-state index contributed by atoms with van der Waals surface area (Å²) in [6, 6.07) is 0. The molecular formula is C12H24N2O3. The van der Waals surface area contributed by atoms with Crippen LogP contribution in [0.4, 0.5) is 0 Å². The summed E-state index contributed by atoms with van der Waals surface area (Å²) < 4.78 is 0. The third kappa shape index (κ3) is 4.73. The number of hydrogen-bond donors (Lipinski definition) is 3. The van der Waals surface area contributed by atoms with E-state index in [1.807, 2.05) is 20.8 Å². The molecule has 0 aromatic heterocycles. The van der Waals surface area contributed by atoms with Gasteiger partial charge in [0, 0.05) is 13.0 Å². The molecule has 0 aromatic rings. The van der Waals surface area contributed by atoms with Gasteiger partial charge in [0.1, 0.15) is 0 Å². The summed E-state index contributed by atoms with van der Waals surface area (Å²) in [5.74, 6) is -0.859. The van der Waals surface area contributed by atoms with Crippen LogP contribution >= 0.6 is 0 Å². The van der Waals surface area contributed by atoms with Crippen LogP contribution in [0.3, 0.4) is 0 Å². The maximum absolute atomic E-state index is 11.6. The Morgan fingerprint density at radius 3 is 2.24 bits per heavy atom. The van der Waals surface area contributed by atoms with Gasteiger partial charge in [0.05, 0.1) is 5.41 Å². The molecule has 100 valence electrons. The lowest BCUT2D eigenvalue weighted by molar-refractivity contribution is -0.149. The normalized spacial score (nSPS) is 13.2. The number of carboxylic acids is 1. The van der Waals surface area contributed by atoms with Crippen molar-refractivity contribution in [3.8, 4) is 0 Å². The lowest BCUT2D eigenvalue weighted by Gasteiger charge is -2.27. The van der Waals surface area contributed by atoms with Gasteiger partial charge in [0.25, 0.3) is 0 Å². The average molecular weight is 244 g/mol. The van der Waals surface area contributed by atoms with E-state index in [1.165, 1.54) is 0 Å². The predicted molar refractivity (Wildman–Crippen MR) is 66.5 cm³/mol. The minimum atomic E-state index is -0.852. The second kappa shape index (κ2) is 7.27. The molecule has 0 aliphatic carbocycles. The highest BCUT2D eigenvalue weighted by Gasteiger charge is 2.35. The molecule has 0 heterocycles. The highest BCUT2D eigenvalue weighted by molar-refractivity contribution is 5.79. The Morgan fingerprint density at radius 2 is 1.88 bits per heavy atom. The molecule has 4 N–H and O–H groups in total. The molecule has 0 saturated heterocycles. The van der Waals surface area contributed by atoms with E-state index in [9.17, 15) is 14.7 Å². The highest BCUT2D eigenvalue weighted by atomic mass is 16.4. The number of aliphatic carboxylic acids is 1. The first-order valence-electron chi connectivity index (χ1n) is 6.12. The van der Waals surface area contributed by atoms with Crippen molar-refractivity contribution in [2.24, 2.45) is 17.1 Å². The van der Waals surface area contributed by atoms with Crippen LogP contribution < -0.4 is 11.1 Å². The van der Waals surface area contributed by atoms with Gasteiger partial charge in [-0.05, 0) is 25.3 Å². The standard InChI is InChI=1S/C12H24N2O3/c1-4-12(5-2,11(16)17)8-14-10(15)6-9(3)7-13/h9H,4-8,13H2,1-3H3,(H,14,15)(H,16,17). The summed E-state index contributed by atoms with van der Waals surface area (Å²) in [4.78, 5) is 22.8. The van der Waals surface area contributed by atoms with Gasteiger partial charge in [0.2, 0.25) is 5.91 Å². The summed E-state index contributed by atoms with van der Waals surface area (Å²) in [6.45, 7) is 6.19. The van der Waals surface area contributed by atoms with Crippen molar-refractivity contribution >= 4 is 11.9 Å². The molecule has 17 heavy (non-hydrogen) atoms. The lowest BCUT2D eigenvalue weighted by Crippen LogP contribution is -2.42. The minimum absolute atomic E-state index is 0.123. The molecular weight excluding hydrogens is 220 g/mol. The summed E-state index contributed by atoms with van der Waals surface area (Å²) in [5.41, 5.74) is 4.58. The number of nitrogens with one attached hydrogen (secondary N) is 1. The molecule has 0 bridgehead atoms. The molecule has 0 radical (unpaired) electrons. The number of carbonyl (C=O) groups excluding carboxylic acids is 1. The van der Waals surface area contributed by atoms with Crippen molar-refractivity contribution in [3.05, 3.63) is 0 Å². The largest absolute Gasteiger partial charge is 0.481 e.